The second-order valence-corrected chi connectivity index (χ2v) is 6.98. The van der Waals surface area contributed by atoms with E-state index in [9.17, 15) is 4.79 Å². The molecule has 25 heavy (non-hydrogen) atoms. The average molecular weight is 377 g/mol. The predicted octanol–water partition coefficient (Wildman–Crippen LogP) is 4.87. The topological polar surface area (TPSA) is 41.6 Å². The van der Waals surface area contributed by atoms with E-state index in [1.165, 1.54) is 11.8 Å². The standard InChI is InChI=1S/C19H21ClN2O2S/c1-4-24-16-9-7-15(8-10-16)21-19(23)18(13-22(2)3)25-17-11-5-14(20)6-12-17/h5-13H,4H2,1-3H3,(H,21,23)/b18-13-. The lowest BCUT2D eigenvalue weighted by Crippen LogP contribution is -2.15. The number of ether oxygens (including phenoxy) is 1. The summed E-state index contributed by atoms with van der Waals surface area (Å²) >= 11 is 7.30. The molecule has 0 heterocycles. The van der Waals surface area contributed by atoms with E-state index in [2.05, 4.69) is 5.32 Å². The quantitative estimate of drug-likeness (QED) is 0.552. The van der Waals surface area contributed by atoms with Crippen molar-refractivity contribution in [1.29, 1.82) is 0 Å². The minimum atomic E-state index is -0.169. The zero-order valence-electron chi connectivity index (χ0n) is 14.5. The van der Waals surface area contributed by atoms with Crippen molar-refractivity contribution in [2.45, 2.75) is 11.8 Å². The van der Waals surface area contributed by atoms with Gasteiger partial charge in [0.15, 0.2) is 0 Å². The normalized spacial score (nSPS) is 11.1. The molecule has 0 aliphatic rings. The van der Waals surface area contributed by atoms with Crippen LogP contribution in [0.2, 0.25) is 5.02 Å². The zero-order chi connectivity index (χ0) is 18.2. The Hall–Kier alpha value is -2.11. The highest BCUT2D eigenvalue weighted by Gasteiger charge is 2.13. The molecule has 1 amide bonds. The van der Waals surface area contributed by atoms with Gasteiger partial charge in [-0.05, 0) is 55.5 Å². The van der Waals surface area contributed by atoms with Gasteiger partial charge in [0.25, 0.3) is 5.91 Å². The maximum Gasteiger partial charge on any atom is 0.263 e. The fourth-order valence-electron chi connectivity index (χ4n) is 1.99. The lowest BCUT2D eigenvalue weighted by molar-refractivity contribution is -0.112. The maximum atomic E-state index is 12.6. The van der Waals surface area contributed by atoms with Crippen LogP contribution in [-0.4, -0.2) is 31.5 Å². The number of benzene rings is 2. The van der Waals surface area contributed by atoms with Crippen LogP contribution in [0.5, 0.6) is 5.75 Å². The minimum absolute atomic E-state index is 0.169. The number of thioether (sulfide) groups is 1. The lowest BCUT2D eigenvalue weighted by atomic mass is 10.3. The molecule has 132 valence electrons. The second-order valence-electron chi connectivity index (χ2n) is 5.42. The van der Waals surface area contributed by atoms with Crippen molar-refractivity contribution in [3.05, 3.63) is 64.7 Å². The summed E-state index contributed by atoms with van der Waals surface area (Å²) in [7, 11) is 3.76. The van der Waals surface area contributed by atoms with E-state index in [0.29, 0.717) is 16.5 Å². The molecule has 0 unspecified atom stereocenters. The minimum Gasteiger partial charge on any atom is -0.494 e. The van der Waals surface area contributed by atoms with Crippen LogP contribution < -0.4 is 10.1 Å². The van der Waals surface area contributed by atoms with Gasteiger partial charge >= 0.3 is 0 Å². The Balaban J connectivity index is 2.11. The first-order chi connectivity index (χ1) is 12.0. The molecule has 0 atom stereocenters. The van der Waals surface area contributed by atoms with Crippen LogP contribution in [0.3, 0.4) is 0 Å². The Morgan fingerprint density at radius 2 is 1.80 bits per heavy atom. The molecule has 0 bridgehead atoms. The molecular formula is C19H21ClN2O2S. The van der Waals surface area contributed by atoms with E-state index >= 15 is 0 Å². The van der Waals surface area contributed by atoms with Crippen LogP contribution in [0.1, 0.15) is 6.92 Å². The molecule has 0 saturated carbocycles. The van der Waals surface area contributed by atoms with Crippen molar-refractivity contribution < 1.29 is 9.53 Å². The highest BCUT2D eigenvalue weighted by atomic mass is 35.5. The van der Waals surface area contributed by atoms with Crippen molar-refractivity contribution in [1.82, 2.24) is 4.90 Å². The summed E-state index contributed by atoms with van der Waals surface area (Å²) < 4.78 is 5.41. The van der Waals surface area contributed by atoms with Crippen LogP contribution in [0.4, 0.5) is 5.69 Å². The number of halogens is 1. The molecule has 1 N–H and O–H groups in total. The van der Waals surface area contributed by atoms with Gasteiger partial charge in [-0.2, -0.15) is 0 Å². The Kier molecular flexibility index (Phi) is 7.22. The number of hydrogen-bond acceptors (Lipinski definition) is 4. The van der Waals surface area contributed by atoms with E-state index in [1.807, 2.05) is 74.4 Å². The molecule has 0 spiro atoms. The van der Waals surface area contributed by atoms with Gasteiger partial charge in [-0.3, -0.25) is 4.79 Å². The maximum absolute atomic E-state index is 12.6. The van der Waals surface area contributed by atoms with Crippen LogP contribution in [0.25, 0.3) is 0 Å². The first-order valence-corrected chi connectivity index (χ1v) is 9.03. The third-order valence-electron chi connectivity index (χ3n) is 3.06. The summed E-state index contributed by atoms with van der Waals surface area (Å²) in [5.41, 5.74) is 0.717. The number of hydrogen-bond donors (Lipinski definition) is 1. The highest BCUT2D eigenvalue weighted by Crippen LogP contribution is 2.29. The third-order valence-corrected chi connectivity index (χ3v) is 4.33. The van der Waals surface area contributed by atoms with Crippen molar-refractivity contribution in [2.24, 2.45) is 0 Å². The van der Waals surface area contributed by atoms with Gasteiger partial charge in [0, 0.05) is 35.9 Å². The van der Waals surface area contributed by atoms with Crippen LogP contribution in [0, 0.1) is 0 Å². The molecule has 2 aromatic rings. The van der Waals surface area contributed by atoms with Crippen molar-refractivity contribution in [3.8, 4) is 5.75 Å². The molecule has 2 aromatic carbocycles. The smallest absolute Gasteiger partial charge is 0.263 e. The van der Waals surface area contributed by atoms with Gasteiger partial charge in [-0.1, -0.05) is 23.4 Å². The van der Waals surface area contributed by atoms with E-state index < -0.39 is 0 Å². The fourth-order valence-corrected chi connectivity index (χ4v) is 3.05. The molecule has 0 aliphatic heterocycles. The molecule has 4 nitrogen and oxygen atoms in total. The predicted molar refractivity (Wildman–Crippen MR) is 105 cm³/mol. The number of anilines is 1. The Morgan fingerprint density at radius 1 is 1.16 bits per heavy atom. The number of carbonyl (C=O) groups excluding carboxylic acids is 1. The number of nitrogens with zero attached hydrogens (tertiary/aromatic N) is 1. The van der Waals surface area contributed by atoms with Gasteiger partial charge < -0.3 is 15.0 Å². The molecule has 0 radical (unpaired) electrons. The number of nitrogens with one attached hydrogen (secondary N) is 1. The summed E-state index contributed by atoms with van der Waals surface area (Å²) in [6, 6.07) is 14.7. The lowest BCUT2D eigenvalue weighted by Gasteiger charge is -2.13. The summed E-state index contributed by atoms with van der Waals surface area (Å²) in [6.07, 6.45) is 1.79. The third kappa shape index (κ3) is 6.36. The molecule has 0 aliphatic carbocycles. The first kappa shape index (κ1) is 19.2. The van der Waals surface area contributed by atoms with E-state index in [0.717, 1.165) is 16.3 Å². The van der Waals surface area contributed by atoms with Crippen LogP contribution in [-0.2, 0) is 4.79 Å². The van der Waals surface area contributed by atoms with E-state index in [4.69, 9.17) is 16.3 Å². The highest BCUT2D eigenvalue weighted by molar-refractivity contribution is 8.04. The summed E-state index contributed by atoms with van der Waals surface area (Å²) in [5.74, 6) is 0.609. The zero-order valence-corrected chi connectivity index (χ0v) is 16.0. The molecule has 6 heteroatoms. The van der Waals surface area contributed by atoms with E-state index in [-0.39, 0.29) is 5.91 Å². The van der Waals surface area contributed by atoms with E-state index in [1.54, 1.807) is 6.20 Å². The van der Waals surface area contributed by atoms with Gasteiger partial charge in [-0.15, -0.1) is 0 Å². The van der Waals surface area contributed by atoms with Crippen molar-refractivity contribution >= 4 is 35.0 Å². The van der Waals surface area contributed by atoms with Crippen molar-refractivity contribution in [2.75, 3.05) is 26.0 Å². The molecule has 0 fully saturated rings. The van der Waals surface area contributed by atoms with Crippen molar-refractivity contribution in [3.63, 3.8) is 0 Å². The largest absolute Gasteiger partial charge is 0.494 e. The number of carbonyl (C=O) groups is 1. The number of rotatable bonds is 7. The monoisotopic (exact) mass is 376 g/mol. The van der Waals surface area contributed by atoms with Gasteiger partial charge in [0.1, 0.15) is 5.75 Å². The van der Waals surface area contributed by atoms with Crippen LogP contribution >= 0.6 is 23.4 Å². The van der Waals surface area contributed by atoms with Crippen LogP contribution in [0.15, 0.2) is 64.5 Å². The Labute approximate surface area is 157 Å². The van der Waals surface area contributed by atoms with Gasteiger partial charge in [-0.25, -0.2) is 0 Å². The summed E-state index contributed by atoms with van der Waals surface area (Å²) in [4.78, 5) is 16.0. The fraction of sp³-hybridized carbons (Fsp3) is 0.211. The molecule has 2 rings (SSSR count). The molecular weight excluding hydrogens is 356 g/mol. The SMILES string of the molecule is CCOc1ccc(NC(=O)/C(=C/N(C)C)Sc2ccc(Cl)cc2)cc1. The molecule has 0 saturated heterocycles. The first-order valence-electron chi connectivity index (χ1n) is 7.84. The molecule has 0 aromatic heterocycles. The van der Waals surface area contributed by atoms with Gasteiger partial charge in [0.05, 0.1) is 11.5 Å². The second kappa shape index (κ2) is 9.39. The summed E-state index contributed by atoms with van der Waals surface area (Å²) in [5, 5.41) is 3.58. The number of amides is 1. The average Bonchev–Trinajstić information content (AvgIpc) is 2.58. The van der Waals surface area contributed by atoms with Gasteiger partial charge in [0.2, 0.25) is 0 Å². The summed E-state index contributed by atoms with van der Waals surface area (Å²) in [6.45, 7) is 2.54. The Bertz CT molecular complexity index is 728. The Morgan fingerprint density at radius 3 is 2.36 bits per heavy atom.